The van der Waals surface area contributed by atoms with Crippen LogP contribution in [0.3, 0.4) is 0 Å². The molecule has 0 aliphatic heterocycles. The van der Waals surface area contributed by atoms with Gasteiger partial charge >= 0.3 is 6.18 Å². The van der Waals surface area contributed by atoms with E-state index in [1.807, 2.05) is 36.4 Å². The van der Waals surface area contributed by atoms with Crippen molar-refractivity contribution >= 4 is 34.2 Å². The number of carbonyl (C=O) groups excluding carboxylic acids is 2. The third-order valence-electron chi connectivity index (χ3n) is 7.01. The first kappa shape index (κ1) is 24.8. The van der Waals surface area contributed by atoms with Crippen LogP contribution in [0.2, 0.25) is 0 Å². The quantitative estimate of drug-likeness (QED) is 0.324. The minimum atomic E-state index is -4.58. The Labute approximate surface area is 211 Å². The average molecular weight is 510 g/mol. The normalized spacial score (nSPS) is 18.1. The van der Waals surface area contributed by atoms with E-state index in [9.17, 15) is 22.8 Å². The molecule has 37 heavy (non-hydrogen) atoms. The first-order valence-corrected chi connectivity index (χ1v) is 12.2. The average Bonchev–Trinajstić information content (AvgIpc) is 3.30. The Morgan fingerprint density at radius 1 is 1.05 bits per heavy atom. The second-order valence-electron chi connectivity index (χ2n) is 9.48. The molecule has 1 fully saturated rings. The van der Waals surface area contributed by atoms with Crippen molar-refractivity contribution in [3.63, 3.8) is 0 Å². The van der Waals surface area contributed by atoms with Crippen molar-refractivity contribution in [1.82, 2.24) is 14.9 Å². The van der Waals surface area contributed by atoms with Gasteiger partial charge in [-0.25, -0.2) is 0 Å². The largest absolute Gasteiger partial charge is 0.465 e. The molecule has 192 valence electrons. The number of para-hydroxylation sites is 1. The van der Waals surface area contributed by atoms with Crippen LogP contribution in [-0.4, -0.2) is 34.6 Å². The maximum Gasteiger partial charge on any atom is 0.416 e. The van der Waals surface area contributed by atoms with Gasteiger partial charge in [0.1, 0.15) is 6.10 Å². The zero-order valence-electron chi connectivity index (χ0n) is 20.0. The minimum absolute atomic E-state index is 0.0198. The van der Waals surface area contributed by atoms with Gasteiger partial charge in [0.05, 0.1) is 34.4 Å². The van der Waals surface area contributed by atoms with Crippen molar-refractivity contribution < 1.29 is 27.5 Å². The summed E-state index contributed by atoms with van der Waals surface area (Å²) in [5, 5.41) is 4.18. The molecule has 1 N–H and O–H groups in total. The lowest BCUT2D eigenvalue weighted by Gasteiger charge is -2.27. The number of aromatic nitrogens is 2. The maximum atomic E-state index is 13.7. The Morgan fingerprint density at radius 2 is 1.84 bits per heavy atom. The van der Waals surface area contributed by atoms with Crippen LogP contribution in [0.1, 0.15) is 47.3 Å². The van der Waals surface area contributed by atoms with E-state index >= 15 is 0 Å². The van der Waals surface area contributed by atoms with E-state index in [4.69, 9.17) is 4.74 Å². The number of halogens is 3. The number of benzene rings is 2. The lowest BCUT2D eigenvalue weighted by atomic mass is 9.87. The molecule has 0 atom stereocenters. The fourth-order valence-corrected chi connectivity index (χ4v) is 5.07. The number of nitrogens with zero attached hydrogens (tertiary/aromatic N) is 2. The van der Waals surface area contributed by atoms with Gasteiger partial charge in [-0.1, -0.05) is 24.3 Å². The predicted octanol–water partition coefficient (Wildman–Crippen LogP) is 5.72. The third kappa shape index (κ3) is 5.45. The summed E-state index contributed by atoms with van der Waals surface area (Å²) in [6, 6.07) is 15.1. The smallest absolute Gasteiger partial charge is 0.416 e. The van der Waals surface area contributed by atoms with E-state index in [0.717, 1.165) is 41.6 Å². The SMILES string of the molecule is O=COC1CCC(CNC(=O)c2cc(C(F)(F)F)cc3ccn(Cc4ccc5ccccc5n4)c23)CC1. The number of alkyl halides is 3. The molecular weight excluding hydrogens is 483 g/mol. The summed E-state index contributed by atoms with van der Waals surface area (Å²) in [5.41, 5.74) is 1.11. The molecule has 2 aromatic heterocycles. The monoisotopic (exact) mass is 509 g/mol. The van der Waals surface area contributed by atoms with Gasteiger partial charge in [-0.2, -0.15) is 13.2 Å². The fraction of sp³-hybridized carbons (Fsp3) is 0.321. The first-order valence-electron chi connectivity index (χ1n) is 12.2. The Bertz CT molecular complexity index is 1440. The lowest BCUT2D eigenvalue weighted by molar-refractivity contribution is -0.137. The molecule has 1 saturated carbocycles. The summed E-state index contributed by atoms with van der Waals surface area (Å²) in [6.07, 6.45) is -0.0699. The molecule has 1 amide bonds. The van der Waals surface area contributed by atoms with Crippen molar-refractivity contribution in [2.45, 2.75) is 44.5 Å². The van der Waals surface area contributed by atoms with E-state index in [1.54, 1.807) is 16.8 Å². The standard InChI is InChI=1S/C28H26F3N3O3/c29-28(30,31)21-13-20-11-12-34(16-22-8-7-19-3-1-2-4-25(19)33-22)26(20)24(14-21)27(36)32-15-18-5-9-23(10-6-18)37-17-35/h1-4,7-8,11-14,17-18,23H,5-6,9-10,15-16H2,(H,32,36). The fourth-order valence-electron chi connectivity index (χ4n) is 5.07. The number of ether oxygens (including phenoxy) is 1. The van der Waals surface area contributed by atoms with Crippen molar-refractivity contribution in [3.05, 3.63) is 77.6 Å². The molecule has 0 spiro atoms. The zero-order chi connectivity index (χ0) is 26.0. The molecule has 9 heteroatoms. The van der Waals surface area contributed by atoms with E-state index in [1.165, 1.54) is 0 Å². The number of pyridine rings is 1. The molecule has 5 rings (SSSR count). The van der Waals surface area contributed by atoms with Crippen molar-refractivity contribution in [1.29, 1.82) is 0 Å². The van der Waals surface area contributed by atoms with Gasteiger partial charge in [0.15, 0.2) is 0 Å². The highest BCUT2D eigenvalue weighted by molar-refractivity contribution is 6.06. The molecule has 0 radical (unpaired) electrons. The summed E-state index contributed by atoms with van der Waals surface area (Å²) in [6.45, 7) is 1.10. The van der Waals surface area contributed by atoms with Crippen LogP contribution in [0.25, 0.3) is 21.8 Å². The summed E-state index contributed by atoms with van der Waals surface area (Å²) in [7, 11) is 0. The maximum absolute atomic E-state index is 13.7. The van der Waals surface area contributed by atoms with Crippen LogP contribution in [-0.2, 0) is 22.3 Å². The molecule has 6 nitrogen and oxygen atoms in total. The molecule has 4 aromatic rings. The van der Waals surface area contributed by atoms with Crippen LogP contribution in [0.5, 0.6) is 0 Å². The molecule has 0 saturated heterocycles. The van der Waals surface area contributed by atoms with Crippen molar-refractivity contribution in [3.8, 4) is 0 Å². The Kier molecular flexibility index (Phi) is 6.86. The third-order valence-corrected chi connectivity index (χ3v) is 7.01. The number of carbonyl (C=O) groups is 2. The van der Waals surface area contributed by atoms with E-state index in [0.29, 0.717) is 43.3 Å². The van der Waals surface area contributed by atoms with Crippen LogP contribution in [0.15, 0.2) is 60.8 Å². The van der Waals surface area contributed by atoms with Crippen molar-refractivity contribution in [2.24, 2.45) is 5.92 Å². The van der Waals surface area contributed by atoms with Crippen LogP contribution in [0.4, 0.5) is 13.2 Å². The Balaban J connectivity index is 1.42. The number of nitrogens with one attached hydrogen (secondary N) is 1. The van der Waals surface area contributed by atoms with Crippen molar-refractivity contribution in [2.75, 3.05) is 6.54 Å². The van der Waals surface area contributed by atoms with E-state index < -0.39 is 17.6 Å². The highest BCUT2D eigenvalue weighted by Crippen LogP contribution is 2.34. The van der Waals surface area contributed by atoms with Gasteiger partial charge in [-0.15, -0.1) is 0 Å². The highest BCUT2D eigenvalue weighted by atomic mass is 19.4. The summed E-state index contributed by atoms with van der Waals surface area (Å²) in [4.78, 5) is 28.5. The van der Waals surface area contributed by atoms with Gasteiger partial charge in [0, 0.05) is 23.5 Å². The van der Waals surface area contributed by atoms with Gasteiger partial charge in [0.25, 0.3) is 12.4 Å². The number of amides is 1. The number of hydrogen-bond donors (Lipinski definition) is 1. The zero-order valence-corrected chi connectivity index (χ0v) is 20.0. The van der Waals surface area contributed by atoms with Gasteiger partial charge in [0.2, 0.25) is 0 Å². The van der Waals surface area contributed by atoms with Crippen LogP contribution < -0.4 is 5.32 Å². The summed E-state index contributed by atoms with van der Waals surface area (Å²) < 4.78 is 47.7. The van der Waals surface area contributed by atoms with E-state index in [-0.39, 0.29) is 17.6 Å². The molecule has 2 aromatic carbocycles. The van der Waals surface area contributed by atoms with E-state index in [2.05, 4.69) is 10.3 Å². The second kappa shape index (κ2) is 10.2. The van der Waals surface area contributed by atoms with Gasteiger partial charge in [-0.05, 0) is 61.9 Å². The topological polar surface area (TPSA) is 73.2 Å². The molecule has 0 unspecified atom stereocenters. The molecular formula is C28H26F3N3O3. The first-order chi connectivity index (χ1) is 17.8. The Morgan fingerprint density at radius 3 is 2.59 bits per heavy atom. The second-order valence-corrected chi connectivity index (χ2v) is 9.48. The number of fused-ring (bicyclic) bond motifs is 2. The molecule has 1 aliphatic carbocycles. The molecule has 1 aliphatic rings. The van der Waals surface area contributed by atoms with Gasteiger partial charge < -0.3 is 14.6 Å². The molecule has 0 bridgehead atoms. The highest BCUT2D eigenvalue weighted by Gasteiger charge is 2.33. The number of hydrogen-bond acceptors (Lipinski definition) is 4. The summed E-state index contributed by atoms with van der Waals surface area (Å²) in [5.74, 6) is -0.376. The van der Waals surface area contributed by atoms with Crippen LogP contribution in [0, 0.1) is 5.92 Å². The Hall–Kier alpha value is -3.88. The van der Waals surface area contributed by atoms with Gasteiger partial charge in [-0.3, -0.25) is 14.6 Å². The number of rotatable bonds is 7. The molecule has 2 heterocycles. The van der Waals surface area contributed by atoms with Crippen LogP contribution >= 0.6 is 0 Å². The predicted molar refractivity (Wildman–Crippen MR) is 133 cm³/mol. The minimum Gasteiger partial charge on any atom is -0.465 e. The summed E-state index contributed by atoms with van der Waals surface area (Å²) >= 11 is 0. The lowest BCUT2D eigenvalue weighted by Crippen LogP contribution is -2.33.